The molecular formula is C55H46NO2Pt-. The maximum atomic E-state index is 10.0. The van der Waals surface area contributed by atoms with E-state index >= 15 is 0 Å². The molecule has 0 saturated heterocycles. The number of carbonyl (C=O) groups excluding carboxylic acids is 1. The van der Waals surface area contributed by atoms with Gasteiger partial charge in [0.25, 0.3) is 0 Å². The van der Waals surface area contributed by atoms with E-state index in [-0.39, 0.29) is 32.6 Å². The van der Waals surface area contributed by atoms with Gasteiger partial charge in [0.15, 0.2) is 5.78 Å². The smallest absolute Gasteiger partial charge is 0.155 e. The summed E-state index contributed by atoms with van der Waals surface area (Å²) in [5.74, 6) is 0.268. The molecule has 0 atom stereocenters. The third-order valence-corrected chi connectivity index (χ3v) is 10.00. The molecule has 0 fully saturated rings. The molecule has 7 aromatic carbocycles. The Morgan fingerprint density at radius 2 is 0.915 bits per heavy atom. The summed E-state index contributed by atoms with van der Waals surface area (Å²) in [4.78, 5) is 15.1. The van der Waals surface area contributed by atoms with E-state index in [1.165, 1.54) is 81.1 Å². The summed E-state index contributed by atoms with van der Waals surface area (Å²) in [5, 5.41) is 8.36. The summed E-state index contributed by atoms with van der Waals surface area (Å²) in [5.41, 5.74) is 17.3. The molecule has 0 radical (unpaired) electrons. The molecule has 8 aromatic rings. The number of carbonyl (C=O) groups is 1. The summed E-state index contributed by atoms with van der Waals surface area (Å²) < 4.78 is 0. The van der Waals surface area contributed by atoms with Crippen molar-refractivity contribution in [1.29, 1.82) is 0 Å². The molecule has 1 heterocycles. The molecule has 1 N–H and O–H groups in total. The van der Waals surface area contributed by atoms with E-state index in [1.807, 2.05) is 6.20 Å². The van der Waals surface area contributed by atoms with Gasteiger partial charge in [-0.05, 0) is 117 Å². The van der Waals surface area contributed by atoms with Crippen LogP contribution in [0.2, 0.25) is 0 Å². The summed E-state index contributed by atoms with van der Waals surface area (Å²) in [6.45, 7) is 7.36. The first-order valence-electron chi connectivity index (χ1n) is 19.6. The number of aliphatic hydroxyl groups is 1. The van der Waals surface area contributed by atoms with E-state index in [1.54, 1.807) is 0 Å². The van der Waals surface area contributed by atoms with Crippen LogP contribution in [0.3, 0.4) is 0 Å². The number of benzene rings is 7. The fourth-order valence-corrected chi connectivity index (χ4v) is 7.16. The third-order valence-electron chi connectivity index (χ3n) is 10.00. The van der Waals surface area contributed by atoms with Gasteiger partial charge in [-0.1, -0.05) is 159 Å². The molecule has 8 rings (SSSR count). The van der Waals surface area contributed by atoms with Crippen molar-refractivity contribution in [3.8, 4) is 78.0 Å². The number of aromatic nitrogens is 1. The number of allylic oxidation sites excluding steroid dienone is 2. The van der Waals surface area contributed by atoms with Gasteiger partial charge < -0.3 is 10.1 Å². The zero-order valence-electron chi connectivity index (χ0n) is 33.7. The molecule has 1 aromatic heterocycles. The monoisotopic (exact) mass is 947 g/mol. The fourth-order valence-electron chi connectivity index (χ4n) is 7.16. The van der Waals surface area contributed by atoms with Crippen LogP contribution in [0.25, 0.3) is 78.0 Å². The molecule has 0 saturated carbocycles. The van der Waals surface area contributed by atoms with Crippen LogP contribution in [0.1, 0.15) is 39.2 Å². The first kappa shape index (κ1) is 42.2. The minimum atomic E-state index is -0.125. The molecule has 0 bridgehead atoms. The van der Waals surface area contributed by atoms with E-state index in [4.69, 9.17) is 10.1 Å². The first-order valence-corrected chi connectivity index (χ1v) is 19.6. The summed E-state index contributed by atoms with van der Waals surface area (Å²) in [6, 6.07) is 68.6. The maximum absolute atomic E-state index is 10.0. The predicted molar refractivity (Wildman–Crippen MR) is 242 cm³/mol. The molecule has 294 valence electrons. The normalized spacial score (nSPS) is 11.0. The van der Waals surface area contributed by atoms with Crippen LogP contribution >= 0.6 is 0 Å². The molecule has 0 unspecified atom stereocenters. The van der Waals surface area contributed by atoms with E-state index in [0.29, 0.717) is 5.92 Å². The Labute approximate surface area is 363 Å². The second kappa shape index (κ2) is 19.8. The Kier molecular flexibility index (Phi) is 14.2. The van der Waals surface area contributed by atoms with Gasteiger partial charge in [-0.3, -0.25) is 4.79 Å². The molecule has 0 amide bonds. The zero-order chi connectivity index (χ0) is 40.4. The molecule has 3 nitrogen and oxygen atoms in total. The number of aliphatic hydroxyl groups excluding tert-OH is 1. The van der Waals surface area contributed by atoms with E-state index in [0.717, 1.165) is 22.4 Å². The Bertz CT molecular complexity index is 2530. The molecule has 0 aliphatic rings. The Morgan fingerprint density at radius 3 is 1.24 bits per heavy atom. The standard InChI is InChI=1S/C50H38N.C5H8O2.Pt/c1-35(2)48-25-23-40(33-49(48)47-31-44(38-19-11-5-12-20-38)28-45(32-47)39-21-13-6-14-22-39)50-26-24-41(34-51-50)46-29-42(36-15-7-3-8-16-36)27-43(30-46)37-17-9-4-10-18-37;1-4(6)3-5(2)7;/h3-22,24-35H,1-2H3;3,6H,1-2H3;/q-1;;/b;4-3-;. The SMILES string of the molecule is CC(=O)/C=C(/C)O.CC(C)c1c[c-]c(-c2ccc(-c3cc(-c4ccccc4)cc(-c4ccccc4)c3)cn2)cc1-c1cc(-c2ccccc2)cc(-c2ccccc2)c1.[Pt]. The van der Waals surface area contributed by atoms with Crippen LogP contribution in [-0.2, 0) is 25.9 Å². The largest absolute Gasteiger partial charge is 0.512 e. The molecule has 0 aliphatic heterocycles. The summed E-state index contributed by atoms with van der Waals surface area (Å²) in [6.07, 6.45) is 3.17. The second-order valence-corrected chi connectivity index (χ2v) is 14.8. The fraction of sp³-hybridized carbons (Fsp3) is 0.0909. The van der Waals surface area contributed by atoms with Crippen molar-refractivity contribution in [3.63, 3.8) is 0 Å². The average molecular weight is 948 g/mol. The quantitative estimate of drug-likeness (QED) is 0.0891. The van der Waals surface area contributed by atoms with Crippen LogP contribution in [0.15, 0.2) is 200 Å². The second-order valence-electron chi connectivity index (χ2n) is 14.8. The molecule has 4 heteroatoms. The summed E-state index contributed by atoms with van der Waals surface area (Å²) >= 11 is 0. The van der Waals surface area contributed by atoms with Gasteiger partial charge in [-0.2, -0.15) is 0 Å². The van der Waals surface area contributed by atoms with Crippen LogP contribution < -0.4 is 0 Å². The summed E-state index contributed by atoms with van der Waals surface area (Å²) in [7, 11) is 0. The minimum absolute atomic E-state index is 0. The predicted octanol–water partition coefficient (Wildman–Crippen LogP) is 14.7. The van der Waals surface area contributed by atoms with Gasteiger partial charge in [0.1, 0.15) is 0 Å². The number of ketones is 1. The Hall–Kier alpha value is -6.41. The molecule has 0 spiro atoms. The van der Waals surface area contributed by atoms with Gasteiger partial charge >= 0.3 is 0 Å². The van der Waals surface area contributed by atoms with Crippen molar-refractivity contribution in [2.75, 3.05) is 0 Å². The van der Waals surface area contributed by atoms with Crippen LogP contribution in [0.5, 0.6) is 0 Å². The molecule has 59 heavy (non-hydrogen) atoms. The van der Waals surface area contributed by atoms with Gasteiger partial charge in [0.2, 0.25) is 0 Å². The van der Waals surface area contributed by atoms with Crippen molar-refractivity contribution in [2.24, 2.45) is 0 Å². The molecular weight excluding hydrogens is 902 g/mol. The van der Waals surface area contributed by atoms with Crippen molar-refractivity contribution in [2.45, 2.75) is 33.6 Å². The maximum Gasteiger partial charge on any atom is 0.155 e. The number of hydrogen-bond acceptors (Lipinski definition) is 3. The third kappa shape index (κ3) is 10.8. The van der Waals surface area contributed by atoms with E-state index < -0.39 is 0 Å². The Balaban J connectivity index is 0.000000673. The number of rotatable bonds is 9. The number of pyridine rings is 1. The molecule has 0 aliphatic carbocycles. The topological polar surface area (TPSA) is 50.2 Å². The van der Waals surface area contributed by atoms with Crippen LogP contribution in [0, 0.1) is 6.07 Å². The zero-order valence-corrected chi connectivity index (χ0v) is 35.9. The van der Waals surface area contributed by atoms with Crippen LogP contribution in [0.4, 0.5) is 0 Å². The van der Waals surface area contributed by atoms with Crippen molar-refractivity contribution < 1.29 is 31.0 Å². The minimum Gasteiger partial charge on any atom is -0.512 e. The van der Waals surface area contributed by atoms with Crippen molar-refractivity contribution in [3.05, 3.63) is 212 Å². The van der Waals surface area contributed by atoms with E-state index in [2.05, 4.69) is 202 Å². The average Bonchev–Trinajstić information content (AvgIpc) is 3.27. The van der Waals surface area contributed by atoms with Gasteiger partial charge in [-0.15, -0.1) is 29.3 Å². The van der Waals surface area contributed by atoms with Gasteiger partial charge in [-0.25, -0.2) is 0 Å². The van der Waals surface area contributed by atoms with Crippen molar-refractivity contribution >= 4 is 5.78 Å². The van der Waals surface area contributed by atoms with Crippen molar-refractivity contribution in [1.82, 2.24) is 4.98 Å². The Morgan fingerprint density at radius 1 is 0.525 bits per heavy atom. The van der Waals surface area contributed by atoms with Crippen LogP contribution in [-0.4, -0.2) is 15.9 Å². The number of hydrogen-bond donors (Lipinski definition) is 1. The van der Waals surface area contributed by atoms with E-state index in [9.17, 15) is 4.79 Å². The number of nitrogens with zero attached hydrogens (tertiary/aromatic N) is 1. The van der Waals surface area contributed by atoms with Gasteiger partial charge in [0.05, 0.1) is 5.76 Å². The first-order chi connectivity index (χ1) is 28.2. The van der Waals surface area contributed by atoms with Gasteiger partial charge in [0, 0.05) is 33.3 Å².